The zero-order valence-corrected chi connectivity index (χ0v) is 9.74. The largest absolute Gasteiger partial charge is 0.307 e. The Morgan fingerprint density at radius 1 is 1.50 bits per heavy atom. The third kappa shape index (κ3) is 2.60. The first-order valence-electron chi connectivity index (χ1n) is 5.33. The predicted octanol–water partition coefficient (Wildman–Crippen LogP) is 2.04. The van der Waals surface area contributed by atoms with E-state index in [1.165, 1.54) is 24.0 Å². The van der Waals surface area contributed by atoms with Gasteiger partial charge in [-0.05, 0) is 18.6 Å². The minimum Gasteiger partial charge on any atom is -0.295 e. The molecule has 0 atom stereocenters. The second kappa shape index (κ2) is 4.79. The van der Waals surface area contributed by atoms with E-state index in [1.807, 2.05) is 6.07 Å². The van der Waals surface area contributed by atoms with Crippen molar-refractivity contribution in [1.82, 2.24) is 9.78 Å². The number of Topliss-reactive ketones (excluding diaryl/α,β-unsaturated/α-hetero) is 1. The Bertz CT molecular complexity index is 604. The molecule has 1 aromatic carbocycles. The van der Waals surface area contributed by atoms with Crippen LogP contribution in [0.4, 0.5) is 5.69 Å². The molecule has 0 amide bonds. The Morgan fingerprint density at radius 2 is 2.28 bits per heavy atom. The van der Waals surface area contributed by atoms with Crippen LogP contribution in [-0.4, -0.2) is 20.5 Å². The molecule has 2 aromatic rings. The fourth-order valence-corrected chi connectivity index (χ4v) is 1.61. The maximum absolute atomic E-state index is 11.2. The molecule has 18 heavy (non-hydrogen) atoms. The van der Waals surface area contributed by atoms with Crippen molar-refractivity contribution in [3.63, 3.8) is 0 Å². The lowest BCUT2D eigenvalue weighted by Crippen LogP contribution is -2.01. The molecular formula is C12H11N3O3. The van der Waals surface area contributed by atoms with Crippen molar-refractivity contribution in [2.24, 2.45) is 0 Å². The number of carbonyl (C=O) groups is 1. The van der Waals surface area contributed by atoms with Gasteiger partial charge in [0.05, 0.1) is 11.5 Å². The maximum atomic E-state index is 11.2. The van der Waals surface area contributed by atoms with E-state index in [0.29, 0.717) is 12.1 Å². The summed E-state index contributed by atoms with van der Waals surface area (Å²) in [6, 6.07) is 7.12. The van der Waals surface area contributed by atoms with Gasteiger partial charge in [0.25, 0.3) is 0 Å². The van der Waals surface area contributed by atoms with Gasteiger partial charge in [0.2, 0.25) is 0 Å². The third-order valence-electron chi connectivity index (χ3n) is 2.51. The number of aromatic nitrogens is 2. The smallest absolute Gasteiger partial charge is 0.295 e. The summed E-state index contributed by atoms with van der Waals surface area (Å²) in [5.41, 5.74) is 1.45. The minimum atomic E-state index is -0.491. The lowest BCUT2D eigenvalue weighted by atomic mass is 10.1. The van der Waals surface area contributed by atoms with Crippen LogP contribution in [0.15, 0.2) is 36.7 Å². The van der Waals surface area contributed by atoms with Crippen LogP contribution in [0.2, 0.25) is 0 Å². The molecule has 0 aliphatic heterocycles. The van der Waals surface area contributed by atoms with Gasteiger partial charge in [-0.1, -0.05) is 18.2 Å². The predicted molar refractivity (Wildman–Crippen MR) is 64.4 cm³/mol. The number of rotatable bonds is 4. The van der Waals surface area contributed by atoms with Gasteiger partial charge in [-0.25, -0.2) is 0 Å². The van der Waals surface area contributed by atoms with Crippen LogP contribution < -0.4 is 0 Å². The highest BCUT2D eigenvalue weighted by Gasteiger charge is 2.09. The summed E-state index contributed by atoms with van der Waals surface area (Å²) in [6.07, 6.45) is 2.56. The number of nitro groups is 1. The Labute approximate surface area is 103 Å². The summed E-state index contributed by atoms with van der Waals surface area (Å²) < 4.78 is 1.47. The van der Waals surface area contributed by atoms with E-state index in [-0.39, 0.29) is 11.5 Å². The van der Waals surface area contributed by atoms with Crippen LogP contribution in [0.1, 0.15) is 22.8 Å². The molecule has 0 bridgehead atoms. The van der Waals surface area contributed by atoms with Gasteiger partial charge in [0.15, 0.2) is 5.78 Å². The van der Waals surface area contributed by atoms with Crippen molar-refractivity contribution in [3.8, 4) is 0 Å². The van der Waals surface area contributed by atoms with E-state index in [0.717, 1.165) is 5.56 Å². The molecular weight excluding hydrogens is 234 g/mol. The van der Waals surface area contributed by atoms with Gasteiger partial charge in [-0.3, -0.25) is 19.6 Å². The van der Waals surface area contributed by atoms with E-state index in [1.54, 1.807) is 18.2 Å². The van der Waals surface area contributed by atoms with Crippen molar-refractivity contribution in [2.75, 3.05) is 0 Å². The highest BCUT2D eigenvalue weighted by atomic mass is 16.6. The molecule has 0 fully saturated rings. The molecule has 0 saturated heterocycles. The Morgan fingerprint density at radius 3 is 2.89 bits per heavy atom. The Hall–Kier alpha value is -2.50. The van der Waals surface area contributed by atoms with Gasteiger partial charge >= 0.3 is 5.69 Å². The second-order valence-corrected chi connectivity index (χ2v) is 3.91. The standard InChI is InChI=1S/C12H11N3O3/c1-9(16)11-4-2-3-10(5-11)7-14-8-12(6-13-14)15(17)18/h2-6,8H,7H2,1H3. The highest BCUT2D eigenvalue weighted by Crippen LogP contribution is 2.11. The maximum Gasteiger partial charge on any atom is 0.307 e. The van der Waals surface area contributed by atoms with Crippen molar-refractivity contribution in [3.05, 3.63) is 57.9 Å². The average Bonchev–Trinajstić information content (AvgIpc) is 2.78. The fraction of sp³-hybridized carbons (Fsp3) is 0.167. The molecule has 6 heteroatoms. The molecule has 2 rings (SSSR count). The van der Waals surface area contributed by atoms with E-state index >= 15 is 0 Å². The van der Waals surface area contributed by atoms with Gasteiger partial charge < -0.3 is 0 Å². The molecule has 0 N–H and O–H groups in total. The molecule has 1 heterocycles. The summed E-state index contributed by atoms with van der Waals surface area (Å²) >= 11 is 0. The van der Waals surface area contributed by atoms with Crippen molar-refractivity contribution >= 4 is 11.5 Å². The summed E-state index contributed by atoms with van der Waals surface area (Å²) in [6.45, 7) is 1.90. The van der Waals surface area contributed by atoms with Crippen molar-refractivity contribution < 1.29 is 9.72 Å². The van der Waals surface area contributed by atoms with Crippen LogP contribution in [-0.2, 0) is 6.54 Å². The van der Waals surface area contributed by atoms with Crippen LogP contribution in [0.25, 0.3) is 0 Å². The van der Waals surface area contributed by atoms with E-state index < -0.39 is 4.92 Å². The summed E-state index contributed by atoms with van der Waals surface area (Å²) in [5.74, 6) is -0.0108. The van der Waals surface area contributed by atoms with Crippen LogP contribution in [0.5, 0.6) is 0 Å². The van der Waals surface area contributed by atoms with Gasteiger partial charge in [-0.2, -0.15) is 5.10 Å². The summed E-state index contributed by atoms with van der Waals surface area (Å²) in [5, 5.41) is 14.4. The SMILES string of the molecule is CC(=O)c1cccc(Cn2cc([N+](=O)[O-])cn2)c1. The molecule has 92 valence electrons. The third-order valence-corrected chi connectivity index (χ3v) is 2.51. The molecule has 0 saturated carbocycles. The Balaban J connectivity index is 2.20. The zero-order chi connectivity index (χ0) is 13.1. The topological polar surface area (TPSA) is 78.0 Å². The molecule has 0 radical (unpaired) electrons. The number of carbonyl (C=O) groups excluding carboxylic acids is 1. The van der Waals surface area contributed by atoms with Crippen molar-refractivity contribution in [1.29, 1.82) is 0 Å². The summed E-state index contributed by atoms with van der Waals surface area (Å²) in [7, 11) is 0. The quantitative estimate of drug-likeness (QED) is 0.469. The normalized spacial score (nSPS) is 10.3. The van der Waals surface area contributed by atoms with E-state index in [9.17, 15) is 14.9 Å². The summed E-state index contributed by atoms with van der Waals surface area (Å²) in [4.78, 5) is 21.3. The lowest BCUT2D eigenvalue weighted by molar-refractivity contribution is -0.385. The minimum absolute atomic E-state index is 0.0108. The average molecular weight is 245 g/mol. The molecule has 0 spiro atoms. The van der Waals surface area contributed by atoms with Crippen LogP contribution >= 0.6 is 0 Å². The molecule has 0 aliphatic rings. The lowest BCUT2D eigenvalue weighted by Gasteiger charge is -2.03. The molecule has 0 aliphatic carbocycles. The first-order chi connectivity index (χ1) is 8.56. The number of ketones is 1. The Kier molecular flexibility index (Phi) is 3.18. The highest BCUT2D eigenvalue weighted by molar-refractivity contribution is 5.94. The second-order valence-electron chi connectivity index (χ2n) is 3.91. The first kappa shape index (κ1) is 12.0. The number of benzene rings is 1. The fourth-order valence-electron chi connectivity index (χ4n) is 1.61. The van der Waals surface area contributed by atoms with Gasteiger partial charge in [0, 0.05) is 5.56 Å². The zero-order valence-electron chi connectivity index (χ0n) is 9.74. The van der Waals surface area contributed by atoms with Gasteiger partial charge in [0.1, 0.15) is 12.4 Å². The molecule has 0 unspecified atom stereocenters. The van der Waals surface area contributed by atoms with Crippen molar-refractivity contribution in [2.45, 2.75) is 13.5 Å². The molecule has 6 nitrogen and oxygen atoms in total. The number of hydrogen-bond donors (Lipinski definition) is 0. The van der Waals surface area contributed by atoms with Crippen LogP contribution in [0.3, 0.4) is 0 Å². The van der Waals surface area contributed by atoms with Crippen LogP contribution in [0, 0.1) is 10.1 Å². The van der Waals surface area contributed by atoms with Gasteiger partial charge in [-0.15, -0.1) is 0 Å². The first-order valence-corrected chi connectivity index (χ1v) is 5.33. The number of nitrogens with zero attached hydrogens (tertiary/aromatic N) is 3. The van der Waals surface area contributed by atoms with E-state index in [2.05, 4.69) is 5.10 Å². The monoisotopic (exact) mass is 245 g/mol. The van der Waals surface area contributed by atoms with E-state index in [4.69, 9.17) is 0 Å². The molecule has 1 aromatic heterocycles. The number of hydrogen-bond acceptors (Lipinski definition) is 4.